The van der Waals surface area contributed by atoms with Crippen LogP contribution in [0.5, 0.6) is 0 Å². The summed E-state index contributed by atoms with van der Waals surface area (Å²) >= 11 is 0. The summed E-state index contributed by atoms with van der Waals surface area (Å²) in [5.74, 6) is 0.478. The minimum absolute atomic E-state index is 0.104. The highest BCUT2D eigenvalue weighted by molar-refractivity contribution is 6.05. The van der Waals surface area contributed by atoms with Gasteiger partial charge in [0.15, 0.2) is 0 Å². The Hall–Kier alpha value is -3.21. The van der Waals surface area contributed by atoms with Crippen molar-refractivity contribution in [2.24, 2.45) is 0 Å². The lowest BCUT2D eigenvalue weighted by Gasteiger charge is -2.22. The second-order valence-corrected chi connectivity index (χ2v) is 5.74. The average molecular weight is 346 g/mol. The van der Waals surface area contributed by atoms with Crippen LogP contribution in [0.15, 0.2) is 73.1 Å². The Balaban J connectivity index is 1.83. The molecule has 1 heterocycles. The molecule has 0 unspecified atom stereocenters. The van der Waals surface area contributed by atoms with Gasteiger partial charge in [-0.3, -0.25) is 4.79 Å². The second-order valence-electron chi connectivity index (χ2n) is 5.74. The molecule has 0 aliphatic heterocycles. The number of amides is 1. The summed E-state index contributed by atoms with van der Waals surface area (Å²) in [6, 6.07) is 19.6. The molecule has 26 heavy (non-hydrogen) atoms. The molecule has 1 amide bonds. The van der Waals surface area contributed by atoms with Crippen LogP contribution in [0.3, 0.4) is 0 Å². The summed E-state index contributed by atoms with van der Waals surface area (Å²) in [5, 5.41) is 0. The predicted molar refractivity (Wildman–Crippen MR) is 105 cm³/mol. The first-order chi connectivity index (χ1) is 12.7. The zero-order chi connectivity index (χ0) is 18.4. The molecular formula is C21H22N4O. The third kappa shape index (κ3) is 3.72. The van der Waals surface area contributed by atoms with Crippen molar-refractivity contribution in [3.05, 3.63) is 78.6 Å². The van der Waals surface area contributed by atoms with Gasteiger partial charge in [-0.05, 0) is 38.1 Å². The molecule has 0 atom stereocenters. The Kier molecular flexibility index (Phi) is 5.59. The highest BCUT2D eigenvalue weighted by atomic mass is 16.2. The van der Waals surface area contributed by atoms with E-state index in [1.54, 1.807) is 17.3 Å². The summed E-state index contributed by atoms with van der Waals surface area (Å²) in [4.78, 5) is 25.4. The first-order valence-electron chi connectivity index (χ1n) is 8.76. The number of para-hydroxylation sites is 2. The number of rotatable bonds is 6. The van der Waals surface area contributed by atoms with E-state index < -0.39 is 0 Å². The molecule has 0 N–H and O–H groups in total. The van der Waals surface area contributed by atoms with Gasteiger partial charge < -0.3 is 9.80 Å². The number of nitrogens with zero attached hydrogens (tertiary/aromatic N) is 4. The van der Waals surface area contributed by atoms with Crippen LogP contribution < -0.4 is 9.80 Å². The van der Waals surface area contributed by atoms with E-state index in [0.717, 1.165) is 17.9 Å². The summed E-state index contributed by atoms with van der Waals surface area (Å²) < 4.78 is 0. The number of benzene rings is 2. The van der Waals surface area contributed by atoms with Crippen LogP contribution in [0.25, 0.3) is 0 Å². The fourth-order valence-electron chi connectivity index (χ4n) is 2.83. The number of carbonyl (C=O) groups excluding carboxylic acids is 1. The molecule has 3 rings (SSSR count). The summed E-state index contributed by atoms with van der Waals surface area (Å²) in [6.45, 7) is 5.32. The van der Waals surface area contributed by atoms with Gasteiger partial charge in [-0.15, -0.1) is 0 Å². The van der Waals surface area contributed by atoms with Crippen LogP contribution in [0, 0.1) is 0 Å². The largest absolute Gasteiger partial charge is 0.311 e. The van der Waals surface area contributed by atoms with Crippen molar-refractivity contribution in [2.75, 3.05) is 22.9 Å². The molecular weight excluding hydrogens is 324 g/mol. The fourth-order valence-corrected chi connectivity index (χ4v) is 2.83. The Bertz CT molecular complexity index is 835. The van der Waals surface area contributed by atoms with Gasteiger partial charge in [-0.1, -0.05) is 36.4 Å². The predicted octanol–water partition coefficient (Wildman–Crippen LogP) is 4.30. The Morgan fingerprint density at radius 2 is 1.35 bits per heavy atom. The van der Waals surface area contributed by atoms with Gasteiger partial charge in [0.2, 0.25) is 5.95 Å². The molecule has 0 saturated carbocycles. The molecule has 2 aromatic carbocycles. The molecule has 0 aliphatic carbocycles. The second kappa shape index (κ2) is 8.25. The number of hydrogen-bond acceptors (Lipinski definition) is 4. The number of aromatic nitrogens is 2. The zero-order valence-corrected chi connectivity index (χ0v) is 15.0. The molecule has 0 spiro atoms. The van der Waals surface area contributed by atoms with Crippen LogP contribution in [0.4, 0.5) is 17.3 Å². The van der Waals surface area contributed by atoms with Crippen molar-refractivity contribution in [1.29, 1.82) is 0 Å². The first kappa shape index (κ1) is 17.6. The van der Waals surface area contributed by atoms with E-state index in [4.69, 9.17) is 0 Å². The molecule has 132 valence electrons. The van der Waals surface area contributed by atoms with Gasteiger partial charge >= 0.3 is 0 Å². The number of hydrogen-bond donors (Lipinski definition) is 0. The Labute approximate surface area is 153 Å². The number of carbonyl (C=O) groups is 1. The van der Waals surface area contributed by atoms with Crippen molar-refractivity contribution in [3.63, 3.8) is 0 Å². The maximum absolute atomic E-state index is 12.8. The SMILES string of the molecule is CCN(C(=O)c1cnc(N(CC)c2ccccc2)nc1)c1ccccc1. The molecule has 5 heteroatoms. The maximum atomic E-state index is 12.8. The van der Waals surface area contributed by atoms with Crippen LogP contribution in [0.2, 0.25) is 0 Å². The topological polar surface area (TPSA) is 49.3 Å². The molecule has 0 bridgehead atoms. The van der Waals surface area contributed by atoms with Gasteiger partial charge in [0, 0.05) is 36.9 Å². The molecule has 1 aromatic heterocycles. The number of anilines is 3. The Morgan fingerprint density at radius 3 is 1.85 bits per heavy atom. The highest BCUT2D eigenvalue weighted by Gasteiger charge is 2.18. The van der Waals surface area contributed by atoms with Gasteiger partial charge in [0.05, 0.1) is 5.56 Å². The first-order valence-corrected chi connectivity index (χ1v) is 8.76. The molecule has 0 aliphatic rings. The van der Waals surface area contributed by atoms with E-state index in [2.05, 4.69) is 9.97 Å². The van der Waals surface area contributed by atoms with E-state index in [1.165, 1.54) is 0 Å². The minimum atomic E-state index is -0.104. The van der Waals surface area contributed by atoms with Crippen molar-refractivity contribution in [3.8, 4) is 0 Å². The third-order valence-corrected chi connectivity index (χ3v) is 4.14. The molecule has 0 saturated heterocycles. The fraction of sp³-hybridized carbons (Fsp3) is 0.190. The van der Waals surface area contributed by atoms with Crippen molar-refractivity contribution >= 4 is 23.2 Å². The maximum Gasteiger partial charge on any atom is 0.261 e. The van der Waals surface area contributed by atoms with E-state index >= 15 is 0 Å². The van der Waals surface area contributed by atoms with E-state index in [9.17, 15) is 4.79 Å². The normalized spacial score (nSPS) is 10.4. The van der Waals surface area contributed by atoms with E-state index in [0.29, 0.717) is 18.1 Å². The summed E-state index contributed by atoms with van der Waals surface area (Å²) in [6.07, 6.45) is 3.20. The third-order valence-electron chi connectivity index (χ3n) is 4.14. The van der Waals surface area contributed by atoms with Crippen molar-refractivity contribution < 1.29 is 4.79 Å². The quantitative estimate of drug-likeness (QED) is 0.668. The minimum Gasteiger partial charge on any atom is -0.311 e. The van der Waals surface area contributed by atoms with Crippen LogP contribution in [-0.4, -0.2) is 29.0 Å². The monoisotopic (exact) mass is 346 g/mol. The highest BCUT2D eigenvalue weighted by Crippen LogP contribution is 2.21. The smallest absolute Gasteiger partial charge is 0.261 e. The molecule has 5 nitrogen and oxygen atoms in total. The summed E-state index contributed by atoms with van der Waals surface area (Å²) in [5.41, 5.74) is 2.36. The van der Waals surface area contributed by atoms with E-state index in [1.807, 2.05) is 79.4 Å². The standard InChI is InChI=1S/C21H22N4O/c1-3-24(18-11-7-5-8-12-18)20(26)17-15-22-21(23-16-17)25(4-2)19-13-9-6-10-14-19/h5-16H,3-4H2,1-2H3. The van der Waals surface area contributed by atoms with Crippen molar-refractivity contribution in [2.45, 2.75) is 13.8 Å². The lowest BCUT2D eigenvalue weighted by atomic mass is 10.2. The van der Waals surface area contributed by atoms with Crippen LogP contribution in [0.1, 0.15) is 24.2 Å². The van der Waals surface area contributed by atoms with E-state index in [-0.39, 0.29) is 5.91 Å². The van der Waals surface area contributed by atoms with Gasteiger partial charge in [-0.2, -0.15) is 0 Å². The summed E-state index contributed by atoms with van der Waals surface area (Å²) in [7, 11) is 0. The average Bonchev–Trinajstić information content (AvgIpc) is 2.71. The molecule has 3 aromatic rings. The zero-order valence-electron chi connectivity index (χ0n) is 15.0. The van der Waals surface area contributed by atoms with Gasteiger partial charge in [0.1, 0.15) is 0 Å². The van der Waals surface area contributed by atoms with Crippen LogP contribution in [-0.2, 0) is 0 Å². The lowest BCUT2D eigenvalue weighted by molar-refractivity contribution is 0.0987. The van der Waals surface area contributed by atoms with Crippen molar-refractivity contribution in [1.82, 2.24) is 9.97 Å². The lowest BCUT2D eigenvalue weighted by Crippen LogP contribution is -2.31. The van der Waals surface area contributed by atoms with Gasteiger partial charge in [-0.25, -0.2) is 9.97 Å². The molecule has 0 radical (unpaired) electrons. The van der Waals surface area contributed by atoms with Gasteiger partial charge in [0.25, 0.3) is 5.91 Å². The molecule has 0 fully saturated rings. The van der Waals surface area contributed by atoms with Crippen LogP contribution >= 0.6 is 0 Å². The Morgan fingerprint density at radius 1 is 0.808 bits per heavy atom.